The Labute approximate surface area is 258 Å². The monoisotopic (exact) mass is 606 g/mol. The minimum absolute atomic E-state index is 0.00836. The van der Waals surface area contributed by atoms with Gasteiger partial charge >= 0.3 is 0 Å². The van der Waals surface area contributed by atoms with Crippen molar-refractivity contribution in [3.05, 3.63) is 122 Å². The van der Waals surface area contributed by atoms with Gasteiger partial charge in [0, 0.05) is 0 Å². The van der Waals surface area contributed by atoms with Crippen LogP contribution in [0.1, 0.15) is 108 Å². The number of benzene rings is 3. The molecule has 232 valence electrons. The smallest absolute Gasteiger partial charge is 0.242 e. The zero-order valence-corrected chi connectivity index (χ0v) is 26.9. The highest BCUT2D eigenvalue weighted by molar-refractivity contribution is 6.91. The van der Waals surface area contributed by atoms with Crippen molar-refractivity contribution in [1.82, 2.24) is 0 Å². The van der Waals surface area contributed by atoms with Crippen molar-refractivity contribution in [2.75, 3.05) is 0 Å². The van der Waals surface area contributed by atoms with Gasteiger partial charge in [0.1, 0.15) is 0 Å². The van der Waals surface area contributed by atoms with Gasteiger partial charge in [-0.2, -0.15) is 0 Å². The van der Waals surface area contributed by atoms with Crippen molar-refractivity contribution < 1.29 is 27.1 Å². The number of hydrogen-bond donors (Lipinski definition) is 1. The van der Waals surface area contributed by atoms with Crippen molar-refractivity contribution in [3.63, 3.8) is 0 Å². The Balaban J connectivity index is 2.37. The van der Waals surface area contributed by atoms with E-state index in [0.29, 0.717) is 22.1 Å². The van der Waals surface area contributed by atoms with E-state index in [1.165, 1.54) is 0 Å². The zero-order chi connectivity index (χ0) is 33.0. The van der Waals surface area contributed by atoms with E-state index in [1.807, 2.05) is 0 Å². The first-order chi connectivity index (χ1) is 20.4. The van der Waals surface area contributed by atoms with Crippen molar-refractivity contribution >= 4 is 23.3 Å². The summed E-state index contributed by atoms with van der Waals surface area (Å²) in [7, 11) is 0. The number of halogens is 5. The Bertz CT molecular complexity index is 1630. The van der Waals surface area contributed by atoms with Crippen molar-refractivity contribution in [3.8, 4) is 0 Å². The maximum Gasteiger partial charge on any atom is 0.242 e. The SMILES string of the molecule is C=C(C)C1=C(c2c(F)c(F)c(F)c(F)c2F)C(c2ccccc2)=C(C(C)(C)O)B1c1c(C(C)C)cc(C(C)C)cc1C(C)C. The summed E-state index contributed by atoms with van der Waals surface area (Å²) in [5.74, 6) is -9.90. The Morgan fingerprint density at radius 3 is 1.57 bits per heavy atom. The summed E-state index contributed by atoms with van der Waals surface area (Å²) in [5, 5.41) is 11.9. The third-order valence-corrected chi connectivity index (χ3v) is 8.47. The molecule has 44 heavy (non-hydrogen) atoms. The maximum absolute atomic E-state index is 15.8. The highest BCUT2D eigenvalue weighted by Crippen LogP contribution is 2.51. The van der Waals surface area contributed by atoms with Crippen LogP contribution in [0.25, 0.3) is 11.1 Å². The third-order valence-electron chi connectivity index (χ3n) is 8.47. The van der Waals surface area contributed by atoms with E-state index in [2.05, 4.69) is 60.3 Å². The second-order valence-corrected chi connectivity index (χ2v) is 13.2. The van der Waals surface area contributed by atoms with E-state index in [4.69, 9.17) is 0 Å². The fraction of sp³-hybridized carbons (Fsp3) is 0.351. The summed E-state index contributed by atoms with van der Waals surface area (Å²) in [4.78, 5) is 0. The lowest BCUT2D eigenvalue weighted by molar-refractivity contribution is 0.128. The molecule has 1 aliphatic heterocycles. The molecule has 3 aromatic rings. The van der Waals surface area contributed by atoms with Crippen LogP contribution in [-0.2, 0) is 0 Å². The molecule has 7 heteroatoms. The van der Waals surface area contributed by atoms with Gasteiger partial charge in [-0.05, 0) is 71.9 Å². The first-order valence-corrected chi connectivity index (χ1v) is 15.0. The van der Waals surface area contributed by atoms with E-state index in [9.17, 15) is 18.3 Å². The molecule has 4 rings (SSSR count). The molecular formula is C37H40BF5O. The first-order valence-electron chi connectivity index (χ1n) is 15.0. The van der Waals surface area contributed by atoms with Crippen LogP contribution >= 0.6 is 0 Å². The molecule has 0 bridgehead atoms. The highest BCUT2D eigenvalue weighted by Gasteiger charge is 2.48. The predicted molar refractivity (Wildman–Crippen MR) is 172 cm³/mol. The van der Waals surface area contributed by atoms with Crippen LogP contribution in [0.2, 0.25) is 0 Å². The lowest BCUT2D eigenvalue weighted by atomic mass is 9.32. The topological polar surface area (TPSA) is 20.2 Å². The van der Waals surface area contributed by atoms with Gasteiger partial charge in [0.2, 0.25) is 12.5 Å². The van der Waals surface area contributed by atoms with Gasteiger partial charge in [-0.25, -0.2) is 22.0 Å². The fourth-order valence-corrected chi connectivity index (χ4v) is 6.44. The average Bonchev–Trinajstić information content (AvgIpc) is 3.31. The lowest BCUT2D eigenvalue weighted by Gasteiger charge is -2.32. The van der Waals surface area contributed by atoms with Gasteiger partial charge in [0.25, 0.3) is 0 Å². The van der Waals surface area contributed by atoms with Crippen molar-refractivity contribution in [2.24, 2.45) is 0 Å². The molecule has 1 aliphatic rings. The summed E-state index contributed by atoms with van der Waals surface area (Å²) in [6.07, 6.45) is 0. The van der Waals surface area contributed by atoms with Crippen LogP contribution in [0.3, 0.4) is 0 Å². The van der Waals surface area contributed by atoms with Crippen LogP contribution in [0, 0.1) is 29.1 Å². The summed E-state index contributed by atoms with van der Waals surface area (Å²) in [6, 6.07) is 12.9. The molecule has 0 spiro atoms. The normalized spacial score (nSPS) is 14.3. The molecule has 0 aromatic heterocycles. The van der Waals surface area contributed by atoms with E-state index >= 15 is 8.78 Å². The largest absolute Gasteiger partial charge is 0.387 e. The molecule has 1 N–H and O–H groups in total. The minimum atomic E-state index is -2.22. The van der Waals surface area contributed by atoms with Crippen LogP contribution in [0.5, 0.6) is 0 Å². The minimum Gasteiger partial charge on any atom is -0.387 e. The summed E-state index contributed by atoms with van der Waals surface area (Å²) in [5.41, 5.74) is 2.97. The molecule has 0 radical (unpaired) electrons. The van der Waals surface area contributed by atoms with Gasteiger partial charge in [-0.1, -0.05) is 113 Å². The summed E-state index contributed by atoms with van der Waals surface area (Å²) >= 11 is 0. The molecule has 0 aliphatic carbocycles. The predicted octanol–water partition coefficient (Wildman–Crippen LogP) is 9.80. The maximum atomic E-state index is 15.8. The Hall–Kier alpha value is -3.45. The molecular weight excluding hydrogens is 566 g/mol. The standard InChI is InChI=1S/C37H40BF5O/c1-18(2)23-16-24(19(3)4)30(25(17-23)20(5)6)38-29(21(7)8)27(28-31(39)33(41)35(43)34(42)32(28)40)26(36(38)37(9,10)44)22-14-12-11-13-15-22/h11-20,44H,7H2,1-6,8-10H3. The quantitative estimate of drug-likeness (QED) is 0.117. The van der Waals surface area contributed by atoms with Crippen LogP contribution in [0.15, 0.2) is 65.6 Å². The van der Waals surface area contributed by atoms with Gasteiger partial charge in [-0.3, -0.25) is 0 Å². The first kappa shape index (κ1) is 33.4. The molecule has 0 saturated carbocycles. The average molecular weight is 607 g/mol. The van der Waals surface area contributed by atoms with Crippen LogP contribution in [-0.4, -0.2) is 17.4 Å². The molecule has 0 atom stereocenters. The number of allylic oxidation sites excluding steroid dienone is 4. The molecule has 0 unspecified atom stereocenters. The van der Waals surface area contributed by atoms with Crippen molar-refractivity contribution in [2.45, 2.75) is 85.7 Å². The van der Waals surface area contributed by atoms with Gasteiger partial charge in [0.05, 0.1) is 11.2 Å². The van der Waals surface area contributed by atoms with Gasteiger partial charge < -0.3 is 5.11 Å². The molecule has 0 saturated heterocycles. The Morgan fingerprint density at radius 1 is 0.727 bits per heavy atom. The third kappa shape index (κ3) is 5.60. The highest BCUT2D eigenvalue weighted by atomic mass is 19.2. The van der Waals surface area contributed by atoms with E-state index < -0.39 is 47.0 Å². The van der Waals surface area contributed by atoms with Gasteiger partial charge in [0.15, 0.2) is 23.3 Å². The molecule has 0 amide bonds. The van der Waals surface area contributed by atoms with Gasteiger partial charge in [-0.15, -0.1) is 0 Å². The Morgan fingerprint density at radius 2 is 1.18 bits per heavy atom. The second kappa shape index (κ2) is 12.2. The number of aliphatic hydroxyl groups is 1. The van der Waals surface area contributed by atoms with Crippen LogP contribution in [0.4, 0.5) is 22.0 Å². The molecule has 1 nitrogen and oxygen atoms in total. The Kier molecular flexibility index (Phi) is 9.24. The van der Waals surface area contributed by atoms with E-state index in [0.717, 1.165) is 22.2 Å². The summed E-state index contributed by atoms with van der Waals surface area (Å²) in [6.45, 7) is 20.7. The fourth-order valence-electron chi connectivity index (χ4n) is 6.44. The number of rotatable bonds is 8. The molecule has 0 fully saturated rings. The second-order valence-electron chi connectivity index (χ2n) is 13.2. The molecule has 1 heterocycles. The zero-order valence-electron chi connectivity index (χ0n) is 26.9. The molecule has 3 aromatic carbocycles. The van der Waals surface area contributed by atoms with Crippen molar-refractivity contribution in [1.29, 1.82) is 0 Å². The van der Waals surface area contributed by atoms with Crippen LogP contribution < -0.4 is 5.46 Å². The summed E-state index contributed by atoms with van der Waals surface area (Å²) < 4.78 is 75.7. The lowest BCUT2D eigenvalue weighted by Crippen LogP contribution is -2.46. The van der Waals surface area contributed by atoms with E-state index in [1.54, 1.807) is 51.1 Å². The van der Waals surface area contributed by atoms with E-state index in [-0.39, 0.29) is 28.9 Å². The number of hydrogen-bond acceptors (Lipinski definition) is 1.